The first-order valence-corrected chi connectivity index (χ1v) is 5.98. The van der Waals surface area contributed by atoms with E-state index < -0.39 is 0 Å². The SMILES string of the molecule is CCCNCCOCCCOC(C)(C)C. The van der Waals surface area contributed by atoms with E-state index in [0.717, 1.165) is 39.3 Å². The minimum absolute atomic E-state index is 0.0251. The molecular formula is C12H27NO2. The topological polar surface area (TPSA) is 30.5 Å². The standard InChI is InChI=1S/C12H27NO2/c1-5-7-13-8-11-14-9-6-10-15-12(2,3)4/h13H,5-11H2,1-4H3. The Bertz CT molecular complexity index is 132. The van der Waals surface area contributed by atoms with E-state index in [2.05, 4.69) is 33.0 Å². The number of rotatable bonds is 9. The molecule has 0 fully saturated rings. The maximum atomic E-state index is 5.58. The van der Waals surface area contributed by atoms with Crippen LogP contribution in [0.2, 0.25) is 0 Å². The van der Waals surface area contributed by atoms with Crippen LogP contribution in [0.15, 0.2) is 0 Å². The summed E-state index contributed by atoms with van der Waals surface area (Å²) in [6.45, 7) is 12.8. The van der Waals surface area contributed by atoms with Gasteiger partial charge in [-0.3, -0.25) is 0 Å². The maximum absolute atomic E-state index is 5.58. The predicted molar refractivity (Wildman–Crippen MR) is 64.3 cm³/mol. The van der Waals surface area contributed by atoms with Crippen molar-refractivity contribution < 1.29 is 9.47 Å². The van der Waals surface area contributed by atoms with Crippen LogP contribution >= 0.6 is 0 Å². The second kappa shape index (κ2) is 9.13. The van der Waals surface area contributed by atoms with E-state index in [1.807, 2.05) is 0 Å². The Hall–Kier alpha value is -0.120. The van der Waals surface area contributed by atoms with E-state index in [4.69, 9.17) is 9.47 Å². The van der Waals surface area contributed by atoms with Crippen LogP contribution in [0, 0.1) is 0 Å². The molecule has 0 atom stereocenters. The molecule has 0 saturated carbocycles. The largest absolute Gasteiger partial charge is 0.380 e. The number of nitrogens with one attached hydrogen (secondary N) is 1. The molecule has 0 aromatic rings. The summed E-state index contributed by atoms with van der Waals surface area (Å²) in [4.78, 5) is 0. The normalized spacial score (nSPS) is 12.0. The summed E-state index contributed by atoms with van der Waals surface area (Å²) in [5.74, 6) is 0. The molecule has 0 aromatic carbocycles. The molecule has 0 radical (unpaired) electrons. The predicted octanol–water partition coefficient (Wildman–Crippen LogP) is 2.21. The Morgan fingerprint density at radius 3 is 2.33 bits per heavy atom. The number of hydrogen-bond donors (Lipinski definition) is 1. The van der Waals surface area contributed by atoms with Crippen LogP contribution in [-0.2, 0) is 9.47 Å². The summed E-state index contributed by atoms with van der Waals surface area (Å²) >= 11 is 0. The molecular weight excluding hydrogens is 190 g/mol. The van der Waals surface area contributed by atoms with Gasteiger partial charge in [0.05, 0.1) is 12.2 Å². The summed E-state index contributed by atoms with van der Waals surface area (Å²) in [5, 5.41) is 3.29. The van der Waals surface area contributed by atoms with Crippen LogP contribution in [0.1, 0.15) is 40.5 Å². The molecule has 3 heteroatoms. The van der Waals surface area contributed by atoms with Gasteiger partial charge in [-0.25, -0.2) is 0 Å². The Kier molecular flexibility index (Phi) is 9.06. The summed E-state index contributed by atoms with van der Waals surface area (Å²) in [5.41, 5.74) is -0.0251. The van der Waals surface area contributed by atoms with Crippen LogP contribution in [0.25, 0.3) is 0 Å². The fraction of sp³-hybridized carbons (Fsp3) is 1.00. The van der Waals surface area contributed by atoms with E-state index in [9.17, 15) is 0 Å². The van der Waals surface area contributed by atoms with Crippen LogP contribution < -0.4 is 5.32 Å². The molecule has 15 heavy (non-hydrogen) atoms. The summed E-state index contributed by atoms with van der Waals surface area (Å²) < 4.78 is 11.0. The van der Waals surface area contributed by atoms with Gasteiger partial charge < -0.3 is 14.8 Å². The van der Waals surface area contributed by atoms with E-state index in [1.165, 1.54) is 6.42 Å². The third-order valence-electron chi connectivity index (χ3n) is 1.82. The van der Waals surface area contributed by atoms with Gasteiger partial charge in [-0.05, 0) is 40.2 Å². The van der Waals surface area contributed by atoms with Crippen LogP contribution in [0.5, 0.6) is 0 Å². The molecule has 0 rings (SSSR count). The van der Waals surface area contributed by atoms with Crippen LogP contribution in [0.4, 0.5) is 0 Å². The highest BCUT2D eigenvalue weighted by atomic mass is 16.5. The lowest BCUT2D eigenvalue weighted by Crippen LogP contribution is -2.22. The molecule has 3 nitrogen and oxygen atoms in total. The molecule has 0 aromatic heterocycles. The first-order valence-electron chi connectivity index (χ1n) is 5.98. The number of hydrogen-bond acceptors (Lipinski definition) is 3. The monoisotopic (exact) mass is 217 g/mol. The third kappa shape index (κ3) is 13.9. The minimum atomic E-state index is -0.0251. The van der Waals surface area contributed by atoms with Crippen molar-refractivity contribution in [2.24, 2.45) is 0 Å². The molecule has 92 valence electrons. The highest BCUT2D eigenvalue weighted by molar-refractivity contribution is 4.58. The van der Waals surface area contributed by atoms with Gasteiger partial charge in [0.1, 0.15) is 0 Å². The second-order valence-corrected chi connectivity index (χ2v) is 4.68. The molecule has 0 amide bonds. The van der Waals surface area contributed by atoms with Gasteiger partial charge in [0.2, 0.25) is 0 Å². The zero-order valence-corrected chi connectivity index (χ0v) is 10.8. The Morgan fingerprint density at radius 2 is 1.73 bits per heavy atom. The molecule has 0 aliphatic rings. The first kappa shape index (κ1) is 14.9. The summed E-state index contributed by atoms with van der Waals surface area (Å²) in [6, 6.07) is 0. The smallest absolute Gasteiger partial charge is 0.0598 e. The highest BCUT2D eigenvalue weighted by Gasteiger charge is 2.08. The molecule has 0 aliphatic heterocycles. The highest BCUT2D eigenvalue weighted by Crippen LogP contribution is 2.06. The van der Waals surface area contributed by atoms with Gasteiger partial charge in [0, 0.05) is 19.8 Å². The van der Waals surface area contributed by atoms with E-state index >= 15 is 0 Å². The summed E-state index contributed by atoms with van der Waals surface area (Å²) in [6.07, 6.45) is 2.16. The van der Waals surface area contributed by atoms with Crippen molar-refractivity contribution in [3.8, 4) is 0 Å². The Morgan fingerprint density at radius 1 is 1.00 bits per heavy atom. The molecule has 0 unspecified atom stereocenters. The average molecular weight is 217 g/mol. The molecule has 0 bridgehead atoms. The third-order valence-corrected chi connectivity index (χ3v) is 1.82. The van der Waals surface area contributed by atoms with Crippen molar-refractivity contribution in [3.63, 3.8) is 0 Å². The van der Waals surface area contributed by atoms with Gasteiger partial charge in [-0.2, -0.15) is 0 Å². The van der Waals surface area contributed by atoms with Crippen molar-refractivity contribution in [1.82, 2.24) is 5.32 Å². The summed E-state index contributed by atoms with van der Waals surface area (Å²) in [7, 11) is 0. The van der Waals surface area contributed by atoms with Gasteiger partial charge >= 0.3 is 0 Å². The Labute approximate surface area is 94.5 Å². The molecule has 0 spiro atoms. The molecule has 0 heterocycles. The molecule has 1 N–H and O–H groups in total. The van der Waals surface area contributed by atoms with Crippen molar-refractivity contribution >= 4 is 0 Å². The van der Waals surface area contributed by atoms with Crippen molar-refractivity contribution in [3.05, 3.63) is 0 Å². The zero-order valence-electron chi connectivity index (χ0n) is 10.8. The average Bonchev–Trinajstić information content (AvgIpc) is 2.14. The van der Waals surface area contributed by atoms with Crippen molar-refractivity contribution in [2.75, 3.05) is 32.9 Å². The lowest BCUT2D eigenvalue weighted by Gasteiger charge is -2.19. The van der Waals surface area contributed by atoms with Crippen LogP contribution in [0.3, 0.4) is 0 Å². The van der Waals surface area contributed by atoms with Gasteiger partial charge in [-0.1, -0.05) is 6.92 Å². The fourth-order valence-corrected chi connectivity index (χ4v) is 1.09. The second-order valence-electron chi connectivity index (χ2n) is 4.68. The van der Waals surface area contributed by atoms with Gasteiger partial charge in [0.15, 0.2) is 0 Å². The minimum Gasteiger partial charge on any atom is -0.380 e. The van der Waals surface area contributed by atoms with Gasteiger partial charge in [-0.15, -0.1) is 0 Å². The zero-order chi connectivity index (χ0) is 11.6. The van der Waals surface area contributed by atoms with Gasteiger partial charge in [0.25, 0.3) is 0 Å². The molecule has 0 saturated heterocycles. The lowest BCUT2D eigenvalue weighted by molar-refractivity contribution is -0.0137. The van der Waals surface area contributed by atoms with Crippen molar-refractivity contribution in [2.45, 2.75) is 46.1 Å². The molecule has 0 aliphatic carbocycles. The van der Waals surface area contributed by atoms with E-state index in [0.29, 0.717) is 0 Å². The maximum Gasteiger partial charge on any atom is 0.0598 e. The Balaban J connectivity index is 2.99. The lowest BCUT2D eigenvalue weighted by atomic mass is 10.2. The fourth-order valence-electron chi connectivity index (χ4n) is 1.09. The van der Waals surface area contributed by atoms with Crippen LogP contribution in [-0.4, -0.2) is 38.5 Å². The quantitative estimate of drug-likeness (QED) is 0.601. The van der Waals surface area contributed by atoms with E-state index in [-0.39, 0.29) is 5.60 Å². The first-order chi connectivity index (χ1) is 7.06. The van der Waals surface area contributed by atoms with E-state index in [1.54, 1.807) is 0 Å². The van der Waals surface area contributed by atoms with Crippen molar-refractivity contribution in [1.29, 1.82) is 0 Å². The number of ether oxygens (including phenoxy) is 2.